The number of pyridine rings is 1. The van der Waals surface area contributed by atoms with Gasteiger partial charge in [0.1, 0.15) is 0 Å². The number of nitrogens with one attached hydrogen (secondary N) is 2. The SMILES string of the molecule is CCOc1ccccc1Oc1ccc(CNC(=NC)N2CCC(CC(=O)NC)CC2)cn1.I. The third kappa shape index (κ3) is 8.06. The van der Waals surface area contributed by atoms with Crippen molar-refractivity contribution in [3.8, 4) is 17.4 Å². The summed E-state index contributed by atoms with van der Waals surface area (Å²) in [6.45, 7) is 4.92. The molecular formula is C24H34IN5O3. The van der Waals surface area contributed by atoms with E-state index in [0.29, 0.717) is 42.9 Å². The molecule has 0 unspecified atom stereocenters. The number of likely N-dealkylation sites (tertiary alicyclic amines) is 1. The Hall–Kier alpha value is -2.56. The predicted molar refractivity (Wildman–Crippen MR) is 141 cm³/mol. The smallest absolute Gasteiger partial charge is 0.220 e. The van der Waals surface area contributed by atoms with Gasteiger partial charge in [-0.15, -0.1) is 24.0 Å². The fourth-order valence-corrected chi connectivity index (χ4v) is 3.72. The van der Waals surface area contributed by atoms with E-state index in [0.717, 1.165) is 37.5 Å². The zero-order chi connectivity index (χ0) is 22.8. The number of rotatable bonds is 8. The summed E-state index contributed by atoms with van der Waals surface area (Å²) in [5.41, 5.74) is 1.03. The highest BCUT2D eigenvalue weighted by Gasteiger charge is 2.23. The summed E-state index contributed by atoms with van der Waals surface area (Å²) in [4.78, 5) is 22.7. The van der Waals surface area contributed by atoms with Gasteiger partial charge in [-0.3, -0.25) is 9.79 Å². The Morgan fingerprint density at radius 3 is 2.52 bits per heavy atom. The van der Waals surface area contributed by atoms with Gasteiger partial charge in [0, 0.05) is 52.4 Å². The minimum atomic E-state index is 0. The molecule has 180 valence electrons. The summed E-state index contributed by atoms with van der Waals surface area (Å²) < 4.78 is 11.5. The molecule has 9 heteroatoms. The summed E-state index contributed by atoms with van der Waals surface area (Å²) >= 11 is 0. The number of carbonyl (C=O) groups is 1. The number of piperidine rings is 1. The second kappa shape index (κ2) is 13.9. The Bertz CT molecular complexity index is 899. The third-order valence-corrected chi connectivity index (χ3v) is 5.49. The molecule has 0 aliphatic carbocycles. The average molecular weight is 567 g/mol. The highest BCUT2D eigenvalue weighted by atomic mass is 127. The Kier molecular flexibility index (Phi) is 11.2. The lowest BCUT2D eigenvalue weighted by Gasteiger charge is -2.34. The number of ether oxygens (including phenoxy) is 2. The molecule has 2 heterocycles. The molecule has 1 aliphatic heterocycles. The molecule has 1 fully saturated rings. The fraction of sp³-hybridized carbons (Fsp3) is 0.458. The number of aromatic nitrogens is 1. The lowest BCUT2D eigenvalue weighted by atomic mass is 9.93. The van der Waals surface area contributed by atoms with Gasteiger partial charge in [-0.2, -0.15) is 0 Å². The van der Waals surface area contributed by atoms with Crippen LogP contribution in [-0.4, -0.2) is 55.5 Å². The third-order valence-electron chi connectivity index (χ3n) is 5.49. The first-order valence-electron chi connectivity index (χ1n) is 11.1. The molecule has 0 bridgehead atoms. The molecule has 3 rings (SSSR count). The van der Waals surface area contributed by atoms with Gasteiger partial charge < -0.3 is 25.0 Å². The van der Waals surface area contributed by atoms with Gasteiger partial charge in [0.15, 0.2) is 17.5 Å². The molecule has 1 aromatic carbocycles. The number of hydrogen-bond donors (Lipinski definition) is 2. The zero-order valence-electron chi connectivity index (χ0n) is 19.5. The van der Waals surface area contributed by atoms with E-state index in [4.69, 9.17) is 9.47 Å². The molecule has 2 aromatic rings. The molecule has 0 spiro atoms. The van der Waals surface area contributed by atoms with E-state index in [9.17, 15) is 4.79 Å². The number of carbonyl (C=O) groups excluding carboxylic acids is 1. The number of benzene rings is 1. The van der Waals surface area contributed by atoms with Gasteiger partial charge >= 0.3 is 0 Å². The van der Waals surface area contributed by atoms with Crippen LogP contribution in [-0.2, 0) is 11.3 Å². The maximum Gasteiger partial charge on any atom is 0.220 e. The minimum absolute atomic E-state index is 0. The van der Waals surface area contributed by atoms with Crippen molar-refractivity contribution in [2.75, 3.05) is 33.8 Å². The monoisotopic (exact) mass is 567 g/mol. The molecule has 0 radical (unpaired) electrons. The van der Waals surface area contributed by atoms with Crippen molar-refractivity contribution in [3.63, 3.8) is 0 Å². The lowest BCUT2D eigenvalue weighted by Crippen LogP contribution is -2.45. The molecular weight excluding hydrogens is 533 g/mol. The molecule has 1 aromatic heterocycles. The molecule has 33 heavy (non-hydrogen) atoms. The van der Waals surface area contributed by atoms with E-state index < -0.39 is 0 Å². The van der Waals surface area contributed by atoms with Crippen LogP contribution in [0.4, 0.5) is 0 Å². The normalized spacial score (nSPS) is 14.3. The molecule has 1 aliphatic rings. The average Bonchev–Trinajstić information content (AvgIpc) is 2.83. The maximum atomic E-state index is 11.6. The fourth-order valence-electron chi connectivity index (χ4n) is 3.72. The number of amides is 1. The van der Waals surface area contributed by atoms with Crippen LogP contribution in [0.15, 0.2) is 47.6 Å². The van der Waals surface area contributed by atoms with E-state index in [2.05, 4.69) is 25.5 Å². The Labute approximate surface area is 213 Å². The maximum absolute atomic E-state index is 11.6. The Morgan fingerprint density at radius 2 is 1.91 bits per heavy atom. The largest absolute Gasteiger partial charge is 0.490 e. The second-order valence-corrected chi connectivity index (χ2v) is 7.69. The molecule has 8 nitrogen and oxygen atoms in total. The second-order valence-electron chi connectivity index (χ2n) is 7.69. The lowest BCUT2D eigenvalue weighted by molar-refractivity contribution is -0.121. The summed E-state index contributed by atoms with van der Waals surface area (Å²) in [6, 6.07) is 11.4. The molecule has 2 N–H and O–H groups in total. The Balaban J connectivity index is 0.00000385. The van der Waals surface area contributed by atoms with Crippen molar-refractivity contribution in [1.29, 1.82) is 0 Å². The van der Waals surface area contributed by atoms with Crippen molar-refractivity contribution >= 4 is 35.8 Å². The van der Waals surface area contributed by atoms with Gasteiger partial charge in [-0.1, -0.05) is 18.2 Å². The molecule has 1 amide bonds. The van der Waals surface area contributed by atoms with Crippen LogP contribution in [0.1, 0.15) is 31.7 Å². The number of guanidine groups is 1. The number of nitrogens with zero attached hydrogens (tertiary/aromatic N) is 3. The van der Waals surface area contributed by atoms with Gasteiger partial charge in [0.05, 0.1) is 6.61 Å². The molecule has 0 atom stereocenters. The van der Waals surface area contributed by atoms with E-state index >= 15 is 0 Å². The Morgan fingerprint density at radius 1 is 1.18 bits per heavy atom. The first-order chi connectivity index (χ1) is 15.6. The van der Waals surface area contributed by atoms with Crippen LogP contribution in [0.5, 0.6) is 17.4 Å². The number of aliphatic imine (C=N–C) groups is 1. The predicted octanol–water partition coefficient (Wildman–Crippen LogP) is 3.81. The number of para-hydroxylation sites is 2. The molecule has 0 saturated carbocycles. The van der Waals surface area contributed by atoms with Crippen molar-refractivity contribution in [2.45, 2.75) is 32.7 Å². The van der Waals surface area contributed by atoms with Gasteiger partial charge in [-0.25, -0.2) is 4.98 Å². The van der Waals surface area contributed by atoms with Crippen LogP contribution < -0.4 is 20.1 Å². The summed E-state index contributed by atoms with van der Waals surface area (Å²) in [5.74, 6) is 3.29. The first-order valence-corrected chi connectivity index (χ1v) is 11.1. The van der Waals surface area contributed by atoms with E-state index in [1.807, 2.05) is 43.3 Å². The van der Waals surface area contributed by atoms with Gasteiger partial charge in [-0.05, 0) is 43.4 Å². The van der Waals surface area contributed by atoms with E-state index in [1.165, 1.54) is 0 Å². The van der Waals surface area contributed by atoms with Crippen molar-refractivity contribution < 1.29 is 14.3 Å². The van der Waals surface area contributed by atoms with Crippen LogP contribution in [0.3, 0.4) is 0 Å². The summed E-state index contributed by atoms with van der Waals surface area (Å²) in [5, 5.41) is 6.12. The topological polar surface area (TPSA) is 88.1 Å². The van der Waals surface area contributed by atoms with Crippen molar-refractivity contribution in [3.05, 3.63) is 48.2 Å². The highest BCUT2D eigenvalue weighted by Crippen LogP contribution is 2.30. The summed E-state index contributed by atoms with van der Waals surface area (Å²) in [7, 11) is 3.49. The quantitative estimate of drug-likeness (QED) is 0.287. The minimum Gasteiger partial charge on any atom is -0.490 e. The van der Waals surface area contributed by atoms with Crippen LogP contribution in [0, 0.1) is 5.92 Å². The first kappa shape index (κ1) is 26.7. The zero-order valence-corrected chi connectivity index (χ0v) is 21.9. The van der Waals surface area contributed by atoms with Crippen LogP contribution in [0.2, 0.25) is 0 Å². The van der Waals surface area contributed by atoms with Gasteiger partial charge in [0.25, 0.3) is 0 Å². The summed E-state index contributed by atoms with van der Waals surface area (Å²) in [6.07, 6.45) is 4.38. The van der Waals surface area contributed by atoms with Crippen LogP contribution >= 0.6 is 24.0 Å². The number of halogens is 1. The van der Waals surface area contributed by atoms with E-state index in [-0.39, 0.29) is 29.9 Å². The van der Waals surface area contributed by atoms with E-state index in [1.54, 1.807) is 20.3 Å². The highest BCUT2D eigenvalue weighted by molar-refractivity contribution is 14.0. The van der Waals surface area contributed by atoms with Crippen LogP contribution in [0.25, 0.3) is 0 Å². The van der Waals surface area contributed by atoms with Crippen molar-refractivity contribution in [2.24, 2.45) is 10.9 Å². The number of hydrogen-bond acceptors (Lipinski definition) is 5. The molecule has 1 saturated heterocycles. The van der Waals surface area contributed by atoms with Crippen molar-refractivity contribution in [1.82, 2.24) is 20.5 Å². The standard InChI is InChI=1S/C24H33N5O3.HI/c1-4-31-20-7-5-6-8-21(20)32-23-10-9-19(16-27-23)17-28-24(26-3)29-13-11-18(12-14-29)15-22(30)25-2;/h5-10,16,18H,4,11-15,17H2,1-3H3,(H,25,30)(H,26,28);1H. The van der Waals surface area contributed by atoms with Gasteiger partial charge in [0.2, 0.25) is 11.8 Å².